The summed E-state index contributed by atoms with van der Waals surface area (Å²) in [6.45, 7) is 8.43. The minimum Gasteiger partial charge on any atom is -0.368 e. The molecule has 1 saturated heterocycles. The molecule has 1 N–H and O–H groups in total. The molecule has 4 heteroatoms. The first kappa shape index (κ1) is 13.1. The van der Waals surface area contributed by atoms with Crippen LogP contribution in [0.25, 0.3) is 0 Å². The average molecular weight is 263 g/mol. The van der Waals surface area contributed by atoms with Crippen molar-refractivity contribution in [3.05, 3.63) is 29.3 Å². The van der Waals surface area contributed by atoms with E-state index in [1.807, 2.05) is 7.05 Å². The van der Waals surface area contributed by atoms with E-state index in [0.717, 1.165) is 31.3 Å². The van der Waals surface area contributed by atoms with Crippen molar-refractivity contribution in [1.29, 1.82) is 0 Å². The summed E-state index contributed by atoms with van der Waals surface area (Å²) in [6, 6.07) is 6.53. The number of aryl methyl sites for hydroxylation is 1. The number of rotatable bonds is 1. The van der Waals surface area contributed by atoms with Crippen molar-refractivity contribution in [3.63, 3.8) is 0 Å². The Bertz CT molecular complexity index is 437. The van der Waals surface area contributed by atoms with Crippen LogP contribution in [-0.2, 0) is 0 Å². The molecule has 1 aliphatic rings. The van der Waals surface area contributed by atoms with Crippen molar-refractivity contribution in [1.82, 2.24) is 10.2 Å². The third-order valence-corrected chi connectivity index (χ3v) is 4.16. The summed E-state index contributed by atoms with van der Waals surface area (Å²) in [7, 11) is 1.89. The van der Waals surface area contributed by atoms with Gasteiger partial charge < -0.3 is 15.1 Å². The molecule has 2 rings (SSSR count). The quantitative estimate of drug-likeness (QED) is 0.780. The van der Waals surface area contributed by atoms with Crippen LogP contribution in [0.4, 0.5) is 5.69 Å². The summed E-state index contributed by atoms with van der Waals surface area (Å²) < 4.78 is 0. The van der Waals surface area contributed by atoms with Gasteiger partial charge in [-0.05, 0) is 43.3 Å². The molecule has 0 saturated carbocycles. The first-order chi connectivity index (χ1) is 8.63. The van der Waals surface area contributed by atoms with Crippen molar-refractivity contribution < 1.29 is 0 Å². The number of hydrogen-bond donors (Lipinski definition) is 1. The molecule has 0 bridgehead atoms. The van der Waals surface area contributed by atoms with Gasteiger partial charge in [-0.15, -0.1) is 0 Å². The summed E-state index contributed by atoms with van der Waals surface area (Å²) in [5, 5.41) is 3.91. The number of nitrogens with zero attached hydrogens (tertiary/aromatic N) is 2. The Hall–Kier alpha value is -1.29. The van der Waals surface area contributed by atoms with Gasteiger partial charge in [-0.1, -0.05) is 12.1 Å². The summed E-state index contributed by atoms with van der Waals surface area (Å²) in [5.74, 6) is 0. The zero-order valence-electron chi connectivity index (χ0n) is 11.4. The van der Waals surface area contributed by atoms with Gasteiger partial charge >= 0.3 is 0 Å². The molecule has 1 fully saturated rings. The maximum atomic E-state index is 5.27. The van der Waals surface area contributed by atoms with Crippen molar-refractivity contribution in [2.45, 2.75) is 13.8 Å². The fourth-order valence-electron chi connectivity index (χ4n) is 2.39. The predicted molar refractivity (Wildman–Crippen MR) is 81.4 cm³/mol. The average Bonchev–Trinajstić information content (AvgIpc) is 2.41. The molecule has 98 valence electrons. The van der Waals surface area contributed by atoms with Crippen LogP contribution < -0.4 is 10.2 Å². The Balaban J connectivity index is 2.06. The molecule has 0 unspecified atom stereocenters. The zero-order valence-corrected chi connectivity index (χ0v) is 12.2. The van der Waals surface area contributed by atoms with Crippen LogP contribution in [-0.4, -0.2) is 43.2 Å². The molecule has 0 radical (unpaired) electrons. The van der Waals surface area contributed by atoms with E-state index in [9.17, 15) is 0 Å². The van der Waals surface area contributed by atoms with E-state index in [0.29, 0.717) is 0 Å². The van der Waals surface area contributed by atoms with Crippen LogP contribution in [0.1, 0.15) is 11.1 Å². The molecule has 0 spiro atoms. The van der Waals surface area contributed by atoms with Crippen molar-refractivity contribution in [2.75, 3.05) is 38.1 Å². The smallest absolute Gasteiger partial charge is 0.168 e. The highest BCUT2D eigenvalue weighted by Gasteiger charge is 2.19. The Morgan fingerprint density at radius 3 is 2.44 bits per heavy atom. The largest absolute Gasteiger partial charge is 0.368 e. The van der Waals surface area contributed by atoms with Crippen molar-refractivity contribution >= 4 is 23.0 Å². The number of nitrogens with one attached hydrogen (secondary N) is 1. The van der Waals surface area contributed by atoms with Crippen LogP contribution in [0.2, 0.25) is 0 Å². The van der Waals surface area contributed by atoms with Gasteiger partial charge in [-0.2, -0.15) is 0 Å². The summed E-state index contributed by atoms with van der Waals surface area (Å²) in [5.41, 5.74) is 4.12. The lowest BCUT2D eigenvalue weighted by Gasteiger charge is -2.38. The van der Waals surface area contributed by atoms with E-state index in [4.69, 9.17) is 12.2 Å². The molecule has 1 aromatic rings. The number of piperazine rings is 1. The number of benzene rings is 1. The Morgan fingerprint density at radius 1 is 1.17 bits per heavy atom. The van der Waals surface area contributed by atoms with Crippen LogP contribution in [0, 0.1) is 13.8 Å². The molecular weight excluding hydrogens is 242 g/mol. The summed E-state index contributed by atoms with van der Waals surface area (Å²) in [4.78, 5) is 4.69. The highest BCUT2D eigenvalue weighted by molar-refractivity contribution is 7.80. The fraction of sp³-hybridized carbons (Fsp3) is 0.500. The van der Waals surface area contributed by atoms with Gasteiger partial charge in [0.25, 0.3) is 0 Å². The summed E-state index contributed by atoms with van der Waals surface area (Å²) in [6.07, 6.45) is 0. The third kappa shape index (κ3) is 2.58. The highest BCUT2D eigenvalue weighted by Crippen LogP contribution is 2.23. The topological polar surface area (TPSA) is 18.5 Å². The second-order valence-corrected chi connectivity index (χ2v) is 5.13. The Kier molecular flexibility index (Phi) is 4.07. The van der Waals surface area contributed by atoms with E-state index in [-0.39, 0.29) is 0 Å². The monoisotopic (exact) mass is 263 g/mol. The van der Waals surface area contributed by atoms with Gasteiger partial charge in [0.2, 0.25) is 0 Å². The van der Waals surface area contributed by atoms with Gasteiger partial charge in [0.15, 0.2) is 5.11 Å². The van der Waals surface area contributed by atoms with Crippen molar-refractivity contribution in [2.24, 2.45) is 0 Å². The van der Waals surface area contributed by atoms with Gasteiger partial charge in [-0.25, -0.2) is 0 Å². The SMILES string of the molecule is CNC(=S)N1CCN(c2cccc(C)c2C)CC1. The molecular formula is C14H21N3S. The molecule has 1 heterocycles. The maximum Gasteiger partial charge on any atom is 0.168 e. The van der Waals surface area contributed by atoms with E-state index >= 15 is 0 Å². The first-order valence-electron chi connectivity index (χ1n) is 6.41. The molecule has 0 aromatic heterocycles. The first-order valence-corrected chi connectivity index (χ1v) is 6.82. The van der Waals surface area contributed by atoms with Crippen LogP contribution in [0.3, 0.4) is 0 Å². The van der Waals surface area contributed by atoms with Gasteiger partial charge in [0.1, 0.15) is 0 Å². The summed E-state index contributed by atoms with van der Waals surface area (Å²) >= 11 is 5.27. The van der Waals surface area contributed by atoms with E-state index in [1.54, 1.807) is 0 Å². The van der Waals surface area contributed by atoms with E-state index in [2.05, 4.69) is 47.2 Å². The molecule has 18 heavy (non-hydrogen) atoms. The second-order valence-electron chi connectivity index (χ2n) is 4.75. The van der Waals surface area contributed by atoms with E-state index in [1.165, 1.54) is 16.8 Å². The normalized spacial score (nSPS) is 15.7. The van der Waals surface area contributed by atoms with Gasteiger partial charge in [-0.3, -0.25) is 0 Å². The zero-order chi connectivity index (χ0) is 13.1. The molecule has 0 amide bonds. The fourth-order valence-corrected chi connectivity index (χ4v) is 2.57. The predicted octanol–water partition coefficient (Wildman–Crippen LogP) is 1.93. The van der Waals surface area contributed by atoms with Gasteiger partial charge in [0.05, 0.1) is 0 Å². The molecule has 1 aromatic carbocycles. The highest BCUT2D eigenvalue weighted by atomic mass is 32.1. The number of anilines is 1. The minimum absolute atomic E-state index is 0.857. The molecule has 1 aliphatic heterocycles. The lowest BCUT2D eigenvalue weighted by molar-refractivity contribution is 0.382. The molecule has 0 aliphatic carbocycles. The minimum atomic E-state index is 0.857. The van der Waals surface area contributed by atoms with Gasteiger partial charge in [0, 0.05) is 38.9 Å². The Morgan fingerprint density at radius 2 is 1.83 bits per heavy atom. The van der Waals surface area contributed by atoms with Crippen molar-refractivity contribution in [3.8, 4) is 0 Å². The lowest BCUT2D eigenvalue weighted by atomic mass is 10.1. The molecule has 3 nitrogen and oxygen atoms in total. The second kappa shape index (κ2) is 5.57. The molecule has 0 atom stereocenters. The van der Waals surface area contributed by atoms with Crippen LogP contribution >= 0.6 is 12.2 Å². The Labute approximate surface area is 115 Å². The lowest BCUT2D eigenvalue weighted by Crippen LogP contribution is -2.51. The van der Waals surface area contributed by atoms with Crippen LogP contribution in [0.5, 0.6) is 0 Å². The number of hydrogen-bond acceptors (Lipinski definition) is 2. The maximum absolute atomic E-state index is 5.27. The number of thiocarbonyl (C=S) groups is 1. The van der Waals surface area contributed by atoms with E-state index < -0.39 is 0 Å². The third-order valence-electron chi connectivity index (χ3n) is 3.70. The standard InChI is InChI=1S/C14H21N3S/c1-11-5-4-6-13(12(11)2)16-7-9-17(10-8-16)14(18)15-3/h4-6H,7-10H2,1-3H3,(H,15,18). The van der Waals surface area contributed by atoms with Crippen LogP contribution in [0.15, 0.2) is 18.2 Å².